The van der Waals surface area contributed by atoms with Crippen molar-refractivity contribution in [2.24, 2.45) is 0 Å². The smallest absolute Gasteiger partial charge is 0.257 e. The minimum absolute atomic E-state index is 0.140. The number of thiocarbonyl (C=S) groups is 1. The molecular formula is C17H17FN2OS. The molecule has 5 heteroatoms. The minimum Gasteiger partial charge on any atom is -0.332 e. The third-order valence-corrected chi connectivity index (χ3v) is 3.35. The Bertz CT molecular complexity index is 686. The van der Waals surface area contributed by atoms with Crippen molar-refractivity contribution in [3.63, 3.8) is 0 Å². The van der Waals surface area contributed by atoms with E-state index in [0.717, 1.165) is 5.56 Å². The number of amides is 1. The molecule has 22 heavy (non-hydrogen) atoms. The van der Waals surface area contributed by atoms with Gasteiger partial charge in [-0.05, 0) is 48.0 Å². The summed E-state index contributed by atoms with van der Waals surface area (Å²) in [4.78, 5) is 12.0. The normalized spacial score (nSPS) is 10.4. The monoisotopic (exact) mass is 316 g/mol. The van der Waals surface area contributed by atoms with E-state index in [9.17, 15) is 9.18 Å². The zero-order valence-corrected chi connectivity index (χ0v) is 13.2. The highest BCUT2D eigenvalue weighted by molar-refractivity contribution is 7.80. The van der Waals surface area contributed by atoms with Gasteiger partial charge in [0.1, 0.15) is 5.82 Å². The van der Waals surface area contributed by atoms with Crippen molar-refractivity contribution in [3.05, 3.63) is 65.5 Å². The Hall–Kier alpha value is -2.27. The van der Waals surface area contributed by atoms with Crippen LogP contribution >= 0.6 is 12.2 Å². The molecule has 0 aromatic heterocycles. The molecule has 2 aromatic carbocycles. The molecule has 3 nitrogen and oxygen atoms in total. The number of benzene rings is 2. The predicted octanol–water partition coefficient (Wildman–Crippen LogP) is 4.08. The highest BCUT2D eigenvalue weighted by Crippen LogP contribution is 2.25. The van der Waals surface area contributed by atoms with Gasteiger partial charge in [0.2, 0.25) is 0 Å². The quantitative estimate of drug-likeness (QED) is 0.839. The minimum atomic E-state index is -0.357. The second-order valence-corrected chi connectivity index (χ2v) is 5.57. The van der Waals surface area contributed by atoms with Crippen LogP contribution < -0.4 is 10.6 Å². The maximum Gasteiger partial charge on any atom is 0.257 e. The molecule has 2 rings (SSSR count). The van der Waals surface area contributed by atoms with E-state index in [1.165, 1.54) is 12.1 Å². The Morgan fingerprint density at radius 1 is 1.14 bits per heavy atom. The summed E-state index contributed by atoms with van der Waals surface area (Å²) in [6, 6.07) is 13.3. The van der Waals surface area contributed by atoms with E-state index >= 15 is 0 Å². The molecule has 2 aromatic rings. The fourth-order valence-corrected chi connectivity index (χ4v) is 2.26. The van der Waals surface area contributed by atoms with E-state index in [-0.39, 0.29) is 22.8 Å². The number of halogens is 1. The Balaban J connectivity index is 2.09. The van der Waals surface area contributed by atoms with Crippen LogP contribution in [0.2, 0.25) is 0 Å². The van der Waals surface area contributed by atoms with Gasteiger partial charge in [0, 0.05) is 11.3 Å². The fourth-order valence-electron chi connectivity index (χ4n) is 2.06. The van der Waals surface area contributed by atoms with Gasteiger partial charge in [-0.1, -0.05) is 38.1 Å². The molecule has 0 radical (unpaired) electrons. The molecule has 1 amide bonds. The lowest BCUT2D eigenvalue weighted by atomic mass is 10.0. The van der Waals surface area contributed by atoms with Crippen LogP contribution in [-0.2, 0) is 0 Å². The predicted molar refractivity (Wildman–Crippen MR) is 90.6 cm³/mol. The van der Waals surface area contributed by atoms with Gasteiger partial charge in [0.25, 0.3) is 5.91 Å². The number of rotatable bonds is 3. The number of hydrogen-bond donors (Lipinski definition) is 2. The zero-order valence-electron chi connectivity index (χ0n) is 12.4. The van der Waals surface area contributed by atoms with Crippen molar-refractivity contribution in [1.82, 2.24) is 5.32 Å². The summed E-state index contributed by atoms with van der Waals surface area (Å²) in [7, 11) is 0. The van der Waals surface area contributed by atoms with Crippen molar-refractivity contribution in [3.8, 4) is 0 Å². The van der Waals surface area contributed by atoms with Crippen LogP contribution in [-0.4, -0.2) is 11.0 Å². The third-order valence-electron chi connectivity index (χ3n) is 3.15. The van der Waals surface area contributed by atoms with Crippen LogP contribution in [0.3, 0.4) is 0 Å². The van der Waals surface area contributed by atoms with Gasteiger partial charge in [0.05, 0.1) is 0 Å². The van der Waals surface area contributed by atoms with E-state index in [0.29, 0.717) is 11.3 Å². The first-order valence-electron chi connectivity index (χ1n) is 6.94. The number of carbonyl (C=O) groups excluding carboxylic acids is 1. The van der Waals surface area contributed by atoms with E-state index in [1.807, 2.05) is 19.9 Å². The van der Waals surface area contributed by atoms with Gasteiger partial charge in [-0.3, -0.25) is 10.1 Å². The fraction of sp³-hybridized carbons (Fsp3) is 0.176. The molecule has 0 unspecified atom stereocenters. The summed E-state index contributed by atoms with van der Waals surface area (Å²) < 4.78 is 13.4. The molecule has 0 fully saturated rings. The summed E-state index contributed by atoms with van der Waals surface area (Å²) >= 11 is 5.14. The molecular weight excluding hydrogens is 299 g/mol. The molecule has 0 aliphatic rings. The van der Waals surface area contributed by atoms with Crippen molar-refractivity contribution < 1.29 is 9.18 Å². The first kappa shape index (κ1) is 16.1. The lowest BCUT2D eigenvalue weighted by Crippen LogP contribution is -2.34. The lowest BCUT2D eigenvalue weighted by Gasteiger charge is -2.15. The Kier molecular flexibility index (Phi) is 5.22. The molecule has 0 aliphatic heterocycles. The standard InChI is InChI=1S/C17H17FN2OS/c1-11(2)14-9-8-13(18)10-15(14)19-17(22)20-16(21)12-6-4-3-5-7-12/h3-11H,1-2H3,(H2,19,20,21,22). The van der Waals surface area contributed by atoms with E-state index in [2.05, 4.69) is 10.6 Å². The number of hydrogen-bond acceptors (Lipinski definition) is 2. The van der Waals surface area contributed by atoms with E-state index in [1.54, 1.807) is 30.3 Å². The first-order chi connectivity index (χ1) is 10.5. The van der Waals surface area contributed by atoms with Crippen LogP contribution in [0, 0.1) is 5.82 Å². The molecule has 0 saturated heterocycles. The Labute approximate surface area is 134 Å². The zero-order chi connectivity index (χ0) is 16.1. The average molecular weight is 316 g/mol. The number of nitrogens with one attached hydrogen (secondary N) is 2. The van der Waals surface area contributed by atoms with Gasteiger partial charge in [-0.15, -0.1) is 0 Å². The van der Waals surface area contributed by atoms with Crippen LogP contribution in [0.1, 0.15) is 35.7 Å². The van der Waals surface area contributed by atoms with Crippen LogP contribution in [0.25, 0.3) is 0 Å². The topological polar surface area (TPSA) is 41.1 Å². The SMILES string of the molecule is CC(C)c1ccc(F)cc1NC(=S)NC(=O)c1ccccc1. The summed E-state index contributed by atoms with van der Waals surface area (Å²) in [6.45, 7) is 4.01. The largest absolute Gasteiger partial charge is 0.332 e. The van der Waals surface area contributed by atoms with Crippen molar-refractivity contribution in [2.45, 2.75) is 19.8 Å². The number of anilines is 1. The van der Waals surface area contributed by atoms with Crippen molar-refractivity contribution in [1.29, 1.82) is 0 Å². The molecule has 114 valence electrons. The molecule has 0 bridgehead atoms. The van der Waals surface area contributed by atoms with Gasteiger partial charge in [0.15, 0.2) is 5.11 Å². The van der Waals surface area contributed by atoms with Crippen molar-refractivity contribution in [2.75, 3.05) is 5.32 Å². The maximum absolute atomic E-state index is 13.4. The van der Waals surface area contributed by atoms with E-state index in [4.69, 9.17) is 12.2 Å². The molecule has 0 saturated carbocycles. The number of carbonyl (C=O) groups is 1. The molecule has 0 spiro atoms. The average Bonchev–Trinajstić information content (AvgIpc) is 2.47. The lowest BCUT2D eigenvalue weighted by molar-refractivity contribution is 0.0977. The summed E-state index contributed by atoms with van der Waals surface area (Å²) in [6.07, 6.45) is 0. The highest BCUT2D eigenvalue weighted by atomic mass is 32.1. The van der Waals surface area contributed by atoms with Gasteiger partial charge < -0.3 is 5.32 Å². The summed E-state index contributed by atoms with van der Waals surface area (Å²) in [5.74, 6) is -0.458. The van der Waals surface area contributed by atoms with Crippen LogP contribution in [0.4, 0.5) is 10.1 Å². The molecule has 0 atom stereocenters. The van der Waals surface area contributed by atoms with Gasteiger partial charge in [-0.25, -0.2) is 4.39 Å². The van der Waals surface area contributed by atoms with Crippen molar-refractivity contribution >= 4 is 28.9 Å². The second-order valence-electron chi connectivity index (χ2n) is 5.16. The Morgan fingerprint density at radius 2 is 1.82 bits per heavy atom. The Morgan fingerprint density at radius 3 is 2.45 bits per heavy atom. The second kappa shape index (κ2) is 7.13. The molecule has 2 N–H and O–H groups in total. The van der Waals surface area contributed by atoms with E-state index < -0.39 is 0 Å². The highest BCUT2D eigenvalue weighted by Gasteiger charge is 2.11. The maximum atomic E-state index is 13.4. The van der Waals surface area contributed by atoms with Gasteiger partial charge in [-0.2, -0.15) is 0 Å². The molecule has 0 heterocycles. The van der Waals surface area contributed by atoms with Gasteiger partial charge >= 0.3 is 0 Å². The van der Waals surface area contributed by atoms with Crippen LogP contribution in [0.5, 0.6) is 0 Å². The summed E-state index contributed by atoms with van der Waals surface area (Å²) in [5.41, 5.74) is 2.00. The van der Waals surface area contributed by atoms with Crippen LogP contribution in [0.15, 0.2) is 48.5 Å². The summed E-state index contributed by atoms with van der Waals surface area (Å²) in [5, 5.41) is 5.62. The third kappa shape index (κ3) is 4.11. The first-order valence-corrected chi connectivity index (χ1v) is 7.35. The molecule has 0 aliphatic carbocycles.